The summed E-state index contributed by atoms with van der Waals surface area (Å²) in [7, 11) is 1.54. The van der Waals surface area contributed by atoms with E-state index in [9.17, 15) is 4.79 Å². The van der Waals surface area contributed by atoms with Gasteiger partial charge in [-0.05, 0) is 31.0 Å². The molecule has 3 rings (SSSR count). The van der Waals surface area contributed by atoms with Crippen LogP contribution in [0.5, 0.6) is 5.75 Å². The molecule has 20 heavy (non-hydrogen) atoms. The second kappa shape index (κ2) is 5.00. The summed E-state index contributed by atoms with van der Waals surface area (Å²) in [6.07, 6.45) is 2.43. The van der Waals surface area contributed by atoms with Crippen LogP contribution in [0.1, 0.15) is 23.3 Å². The highest BCUT2D eigenvalue weighted by Gasteiger charge is 2.15. The second-order valence-corrected chi connectivity index (χ2v) is 4.91. The molecular weight excluding hydrogens is 256 g/mol. The van der Waals surface area contributed by atoms with Crippen molar-refractivity contribution >= 4 is 22.6 Å². The number of aromatic carboxylic acids is 1. The fourth-order valence-electron chi connectivity index (χ4n) is 2.63. The number of benzene rings is 1. The number of anilines is 1. The van der Waals surface area contributed by atoms with Crippen molar-refractivity contribution in [1.29, 1.82) is 0 Å². The van der Waals surface area contributed by atoms with Crippen LogP contribution in [-0.2, 0) is 0 Å². The number of hydrogen-bond acceptors (Lipinski definition) is 4. The van der Waals surface area contributed by atoms with Gasteiger partial charge in [-0.3, -0.25) is 0 Å². The summed E-state index contributed by atoms with van der Waals surface area (Å²) >= 11 is 0. The van der Waals surface area contributed by atoms with Crippen LogP contribution in [0.4, 0.5) is 5.69 Å². The topological polar surface area (TPSA) is 62.7 Å². The molecule has 1 aliphatic rings. The first-order valence-corrected chi connectivity index (χ1v) is 6.66. The number of ether oxygens (including phenoxy) is 1. The van der Waals surface area contributed by atoms with Crippen molar-refractivity contribution in [3.05, 3.63) is 30.0 Å². The number of nitrogens with zero attached hydrogens (tertiary/aromatic N) is 2. The van der Waals surface area contributed by atoms with Crippen molar-refractivity contribution in [2.45, 2.75) is 12.8 Å². The molecule has 0 spiro atoms. The van der Waals surface area contributed by atoms with E-state index < -0.39 is 5.97 Å². The van der Waals surface area contributed by atoms with Gasteiger partial charge >= 0.3 is 5.97 Å². The van der Waals surface area contributed by atoms with Crippen LogP contribution in [0.15, 0.2) is 24.3 Å². The molecule has 1 aliphatic heterocycles. The van der Waals surface area contributed by atoms with E-state index >= 15 is 0 Å². The van der Waals surface area contributed by atoms with E-state index in [-0.39, 0.29) is 5.69 Å². The van der Waals surface area contributed by atoms with Crippen LogP contribution < -0.4 is 9.64 Å². The van der Waals surface area contributed by atoms with E-state index in [2.05, 4.69) is 9.88 Å². The summed E-state index contributed by atoms with van der Waals surface area (Å²) in [5.74, 6) is -0.498. The van der Waals surface area contributed by atoms with E-state index in [0.717, 1.165) is 24.2 Å². The number of carboxylic acids is 1. The number of hydrogen-bond donors (Lipinski definition) is 1. The molecule has 0 saturated carbocycles. The van der Waals surface area contributed by atoms with Crippen molar-refractivity contribution in [3.63, 3.8) is 0 Å². The van der Waals surface area contributed by atoms with E-state index in [0.29, 0.717) is 11.3 Å². The first kappa shape index (κ1) is 12.7. The molecule has 104 valence electrons. The molecule has 2 heterocycles. The maximum Gasteiger partial charge on any atom is 0.354 e. The van der Waals surface area contributed by atoms with E-state index in [1.807, 2.05) is 18.2 Å². The van der Waals surface area contributed by atoms with Crippen LogP contribution in [0.3, 0.4) is 0 Å². The molecule has 0 radical (unpaired) electrons. The van der Waals surface area contributed by atoms with Gasteiger partial charge in [0.1, 0.15) is 5.75 Å². The summed E-state index contributed by atoms with van der Waals surface area (Å²) in [6, 6.07) is 7.35. The van der Waals surface area contributed by atoms with Crippen LogP contribution in [0, 0.1) is 0 Å². The normalized spacial score (nSPS) is 14.8. The van der Waals surface area contributed by atoms with Crippen LogP contribution in [0.2, 0.25) is 0 Å². The van der Waals surface area contributed by atoms with Crippen molar-refractivity contribution in [2.24, 2.45) is 0 Å². The van der Waals surface area contributed by atoms with Gasteiger partial charge in [0, 0.05) is 30.2 Å². The van der Waals surface area contributed by atoms with Crippen molar-refractivity contribution in [1.82, 2.24) is 4.98 Å². The van der Waals surface area contributed by atoms with Crippen LogP contribution in [-0.4, -0.2) is 36.3 Å². The lowest BCUT2D eigenvalue weighted by atomic mass is 10.1. The van der Waals surface area contributed by atoms with E-state index in [1.165, 1.54) is 18.9 Å². The van der Waals surface area contributed by atoms with Crippen molar-refractivity contribution in [3.8, 4) is 5.75 Å². The molecule has 2 aromatic rings. The highest BCUT2D eigenvalue weighted by Crippen LogP contribution is 2.30. The van der Waals surface area contributed by atoms with Gasteiger partial charge < -0.3 is 14.7 Å². The third kappa shape index (κ3) is 2.15. The Morgan fingerprint density at radius 1 is 1.30 bits per heavy atom. The first-order valence-electron chi connectivity index (χ1n) is 6.66. The van der Waals surface area contributed by atoms with Gasteiger partial charge in [-0.2, -0.15) is 0 Å². The highest BCUT2D eigenvalue weighted by molar-refractivity contribution is 5.94. The van der Waals surface area contributed by atoms with Crippen LogP contribution in [0.25, 0.3) is 10.9 Å². The van der Waals surface area contributed by atoms with Crippen molar-refractivity contribution in [2.75, 3.05) is 25.1 Å². The van der Waals surface area contributed by atoms with E-state index in [4.69, 9.17) is 9.84 Å². The van der Waals surface area contributed by atoms with E-state index in [1.54, 1.807) is 7.11 Å². The molecule has 1 saturated heterocycles. The first-order chi connectivity index (χ1) is 9.69. The Morgan fingerprint density at radius 2 is 2.05 bits per heavy atom. The maximum absolute atomic E-state index is 11.1. The molecule has 1 fully saturated rings. The number of aromatic nitrogens is 1. The standard InChI is InChI=1S/C15H16N2O3/c1-20-14-9-13(15(18)19)16-12-5-4-10(8-11(12)14)17-6-2-3-7-17/h4-5,8-9H,2-3,6-7H2,1H3,(H,18,19). The molecule has 0 bridgehead atoms. The maximum atomic E-state index is 11.1. The third-order valence-corrected chi connectivity index (χ3v) is 3.66. The molecule has 0 amide bonds. The smallest absolute Gasteiger partial charge is 0.354 e. The molecule has 5 heteroatoms. The zero-order chi connectivity index (χ0) is 14.1. The lowest BCUT2D eigenvalue weighted by Crippen LogP contribution is -2.17. The molecule has 5 nitrogen and oxygen atoms in total. The second-order valence-electron chi connectivity index (χ2n) is 4.91. The molecule has 0 unspecified atom stereocenters. The fourth-order valence-corrected chi connectivity index (χ4v) is 2.63. The Bertz CT molecular complexity index is 663. The number of fused-ring (bicyclic) bond motifs is 1. The third-order valence-electron chi connectivity index (χ3n) is 3.66. The van der Waals surface area contributed by atoms with Gasteiger partial charge in [-0.15, -0.1) is 0 Å². The molecular formula is C15H16N2O3. The molecule has 1 aromatic heterocycles. The number of pyridine rings is 1. The summed E-state index contributed by atoms with van der Waals surface area (Å²) < 4.78 is 5.31. The minimum absolute atomic E-state index is 0.00303. The number of carboxylic acid groups (broad SMARTS) is 1. The number of methoxy groups -OCH3 is 1. The zero-order valence-corrected chi connectivity index (χ0v) is 11.3. The molecule has 0 atom stereocenters. The van der Waals surface area contributed by atoms with Gasteiger partial charge in [0.2, 0.25) is 0 Å². The lowest BCUT2D eigenvalue weighted by molar-refractivity contribution is 0.0690. The van der Waals surface area contributed by atoms with Gasteiger partial charge in [0.25, 0.3) is 0 Å². The molecule has 0 aliphatic carbocycles. The average molecular weight is 272 g/mol. The minimum Gasteiger partial charge on any atom is -0.496 e. The van der Waals surface area contributed by atoms with Gasteiger partial charge in [0.05, 0.1) is 12.6 Å². The Kier molecular flexibility index (Phi) is 3.18. The molecule has 1 aromatic carbocycles. The van der Waals surface area contributed by atoms with Crippen molar-refractivity contribution < 1.29 is 14.6 Å². The Balaban J connectivity index is 2.13. The van der Waals surface area contributed by atoms with Gasteiger partial charge in [-0.25, -0.2) is 9.78 Å². The average Bonchev–Trinajstić information content (AvgIpc) is 2.99. The fraction of sp³-hybridized carbons (Fsp3) is 0.333. The predicted octanol–water partition coefficient (Wildman–Crippen LogP) is 2.54. The SMILES string of the molecule is COc1cc(C(=O)O)nc2ccc(N3CCCC3)cc12. The summed E-state index contributed by atoms with van der Waals surface area (Å²) in [5.41, 5.74) is 1.78. The Hall–Kier alpha value is -2.30. The largest absolute Gasteiger partial charge is 0.496 e. The summed E-state index contributed by atoms with van der Waals surface area (Å²) in [6.45, 7) is 2.13. The van der Waals surface area contributed by atoms with Gasteiger partial charge in [-0.1, -0.05) is 0 Å². The van der Waals surface area contributed by atoms with Gasteiger partial charge in [0.15, 0.2) is 5.69 Å². The zero-order valence-electron chi connectivity index (χ0n) is 11.3. The lowest BCUT2D eigenvalue weighted by Gasteiger charge is -2.18. The number of carbonyl (C=O) groups is 1. The predicted molar refractivity (Wildman–Crippen MR) is 76.7 cm³/mol. The Morgan fingerprint density at radius 3 is 2.70 bits per heavy atom. The quantitative estimate of drug-likeness (QED) is 0.930. The number of rotatable bonds is 3. The summed E-state index contributed by atoms with van der Waals surface area (Å²) in [5, 5.41) is 9.91. The van der Waals surface area contributed by atoms with Crippen LogP contribution >= 0.6 is 0 Å². The highest BCUT2D eigenvalue weighted by atomic mass is 16.5. The molecule has 1 N–H and O–H groups in total. The minimum atomic E-state index is -1.05. The monoisotopic (exact) mass is 272 g/mol. The summed E-state index contributed by atoms with van der Waals surface area (Å²) in [4.78, 5) is 17.5. The Labute approximate surface area is 116 Å².